The summed E-state index contributed by atoms with van der Waals surface area (Å²) in [7, 11) is 0. The first-order valence-corrected chi connectivity index (χ1v) is 6.41. The number of carboxylic acids is 1. The Hall–Kier alpha value is -1.59. The van der Waals surface area contributed by atoms with Crippen LogP contribution in [0.3, 0.4) is 0 Å². The SMILES string of the molecule is C[C@@H]1CNC[C@H]1C(=O)Nc1cc(C(=O)O)ccc1Cl. The largest absolute Gasteiger partial charge is 0.478 e. The number of anilines is 1. The third-order valence-corrected chi connectivity index (χ3v) is 3.65. The minimum absolute atomic E-state index is 0.0947. The number of amides is 1. The first kappa shape index (κ1) is 13.8. The number of benzene rings is 1. The lowest BCUT2D eigenvalue weighted by Gasteiger charge is -2.15. The summed E-state index contributed by atoms with van der Waals surface area (Å²) in [5.41, 5.74) is 0.433. The van der Waals surface area contributed by atoms with Crippen LogP contribution in [0.15, 0.2) is 18.2 Å². The van der Waals surface area contributed by atoms with E-state index in [0.717, 1.165) is 6.54 Å². The van der Waals surface area contributed by atoms with Crippen LogP contribution in [0.4, 0.5) is 5.69 Å². The molecule has 102 valence electrons. The molecule has 3 N–H and O–H groups in total. The number of carboxylic acid groups (broad SMARTS) is 1. The maximum Gasteiger partial charge on any atom is 0.335 e. The average molecular weight is 283 g/mol. The fourth-order valence-electron chi connectivity index (χ4n) is 2.14. The Balaban J connectivity index is 2.16. The molecule has 1 aliphatic heterocycles. The van der Waals surface area contributed by atoms with Crippen molar-refractivity contribution in [3.8, 4) is 0 Å². The normalized spacial score (nSPS) is 22.2. The topological polar surface area (TPSA) is 78.4 Å². The lowest BCUT2D eigenvalue weighted by Crippen LogP contribution is -2.28. The number of hydrogen-bond acceptors (Lipinski definition) is 3. The minimum atomic E-state index is -1.05. The van der Waals surface area contributed by atoms with Crippen molar-refractivity contribution in [2.24, 2.45) is 11.8 Å². The fourth-order valence-corrected chi connectivity index (χ4v) is 2.31. The number of aromatic carboxylic acids is 1. The molecule has 0 unspecified atom stereocenters. The van der Waals surface area contributed by atoms with Gasteiger partial charge in [0.2, 0.25) is 5.91 Å². The van der Waals surface area contributed by atoms with Gasteiger partial charge in [-0.1, -0.05) is 18.5 Å². The maximum atomic E-state index is 12.1. The van der Waals surface area contributed by atoms with Crippen LogP contribution in [0.5, 0.6) is 0 Å². The second kappa shape index (κ2) is 5.59. The molecule has 1 aliphatic rings. The molecule has 0 bridgehead atoms. The van der Waals surface area contributed by atoms with Crippen molar-refractivity contribution >= 4 is 29.2 Å². The van der Waals surface area contributed by atoms with Gasteiger partial charge in [-0.25, -0.2) is 4.79 Å². The van der Waals surface area contributed by atoms with Gasteiger partial charge in [0.05, 0.1) is 22.2 Å². The van der Waals surface area contributed by atoms with E-state index in [4.69, 9.17) is 16.7 Å². The zero-order valence-electron chi connectivity index (χ0n) is 10.4. The van der Waals surface area contributed by atoms with Gasteiger partial charge in [0.15, 0.2) is 0 Å². The summed E-state index contributed by atoms with van der Waals surface area (Å²) in [6.45, 7) is 3.43. The van der Waals surface area contributed by atoms with Crippen molar-refractivity contribution < 1.29 is 14.7 Å². The van der Waals surface area contributed by atoms with Crippen LogP contribution in [0, 0.1) is 11.8 Å². The van der Waals surface area contributed by atoms with Crippen LogP contribution in [0.25, 0.3) is 0 Å². The molecule has 1 aromatic carbocycles. The van der Waals surface area contributed by atoms with Crippen LogP contribution < -0.4 is 10.6 Å². The smallest absolute Gasteiger partial charge is 0.335 e. The van der Waals surface area contributed by atoms with Gasteiger partial charge >= 0.3 is 5.97 Å². The molecule has 0 saturated carbocycles. The van der Waals surface area contributed by atoms with Crippen LogP contribution in [0.1, 0.15) is 17.3 Å². The van der Waals surface area contributed by atoms with Crippen molar-refractivity contribution in [2.75, 3.05) is 18.4 Å². The summed E-state index contributed by atoms with van der Waals surface area (Å²) >= 11 is 5.96. The molecule has 0 aromatic heterocycles. The number of nitrogens with one attached hydrogen (secondary N) is 2. The lowest BCUT2D eigenvalue weighted by molar-refractivity contribution is -0.120. The van der Waals surface area contributed by atoms with Gasteiger partial charge in [-0.2, -0.15) is 0 Å². The van der Waals surface area contributed by atoms with E-state index in [-0.39, 0.29) is 23.3 Å². The number of hydrogen-bond donors (Lipinski definition) is 3. The molecule has 1 aromatic rings. The molecule has 5 nitrogen and oxygen atoms in total. The van der Waals surface area contributed by atoms with E-state index in [1.165, 1.54) is 18.2 Å². The van der Waals surface area contributed by atoms with Crippen molar-refractivity contribution in [1.29, 1.82) is 0 Å². The fraction of sp³-hybridized carbons (Fsp3) is 0.385. The molecule has 1 fully saturated rings. The first-order valence-electron chi connectivity index (χ1n) is 6.03. The third-order valence-electron chi connectivity index (χ3n) is 3.33. The molecule has 0 spiro atoms. The van der Waals surface area contributed by atoms with Crippen molar-refractivity contribution in [2.45, 2.75) is 6.92 Å². The van der Waals surface area contributed by atoms with Crippen molar-refractivity contribution in [3.63, 3.8) is 0 Å². The molecular formula is C13H15ClN2O3. The standard InChI is InChI=1S/C13H15ClN2O3/c1-7-5-15-6-9(7)12(17)16-11-4-8(13(18)19)2-3-10(11)14/h2-4,7,9,15H,5-6H2,1H3,(H,16,17)(H,18,19)/t7-,9-/m1/s1. The zero-order valence-corrected chi connectivity index (χ0v) is 11.2. The van der Waals surface area contributed by atoms with Gasteiger partial charge in [-0.3, -0.25) is 4.79 Å². The second-order valence-electron chi connectivity index (χ2n) is 4.73. The van der Waals surface area contributed by atoms with E-state index in [1.807, 2.05) is 6.92 Å². The summed E-state index contributed by atoms with van der Waals surface area (Å²) in [6.07, 6.45) is 0. The Morgan fingerprint density at radius 2 is 2.16 bits per heavy atom. The van der Waals surface area contributed by atoms with Crippen LogP contribution >= 0.6 is 11.6 Å². The van der Waals surface area contributed by atoms with Crippen LogP contribution in [-0.2, 0) is 4.79 Å². The minimum Gasteiger partial charge on any atom is -0.478 e. The summed E-state index contributed by atoms with van der Waals surface area (Å²) < 4.78 is 0. The summed E-state index contributed by atoms with van der Waals surface area (Å²) in [5, 5.41) is 15.1. The molecule has 2 rings (SSSR count). The maximum absolute atomic E-state index is 12.1. The Kier molecular flexibility index (Phi) is 4.07. The predicted octanol–water partition coefficient (Wildman–Crippen LogP) is 1.83. The number of carbonyl (C=O) groups excluding carboxylic acids is 1. The molecule has 0 radical (unpaired) electrons. The zero-order chi connectivity index (χ0) is 14.0. The number of carbonyl (C=O) groups is 2. The van der Waals surface area contributed by atoms with Crippen LogP contribution in [0.2, 0.25) is 5.02 Å². The molecule has 0 aliphatic carbocycles. The Labute approximate surface area is 116 Å². The summed E-state index contributed by atoms with van der Waals surface area (Å²) in [4.78, 5) is 23.0. The Morgan fingerprint density at radius 1 is 1.42 bits per heavy atom. The number of halogens is 1. The molecule has 2 atom stereocenters. The summed E-state index contributed by atoms with van der Waals surface area (Å²) in [6, 6.07) is 4.24. The average Bonchev–Trinajstić information content (AvgIpc) is 2.78. The lowest BCUT2D eigenvalue weighted by atomic mass is 9.97. The molecule has 6 heteroatoms. The predicted molar refractivity (Wildman–Crippen MR) is 72.6 cm³/mol. The highest BCUT2D eigenvalue weighted by atomic mass is 35.5. The quantitative estimate of drug-likeness (QED) is 0.790. The van der Waals surface area contributed by atoms with E-state index in [2.05, 4.69) is 10.6 Å². The molecular weight excluding hydrogens is 268 g/mol. The number of rotatable bonds is 3. The van der Waals surface area contributed by atoms with Crippen LogP contribution in [-0.4, -0.2) is 30.1 Å². The third kappa shape index (κ3) is 3.05. The van der Waals surface area contributed by atoms with E-state index < -0.39 is 5.97 Å². The summed E-state index contributed by atoms with van der Waals surface area (Å²) in [5.74, 6) is -1.06. The first-order chi connectivity index (χ1) is 8.99. The molecule has 1 saturated heterocycles. The van der Waals surface area contributed by atoms with E-state index >= 15 is 0 Å². The monoisotopic (exact) mass is 282 g/mol. The molecule has 19 heavy (non-hydrogen) atoms. The van der Waals surface area contributed by atoms with Gasteiger partial charge in [-0.05, 0) is 30.7 Å². The highest BCUT2D eigenvalue weighted by molar-refractivity contribution is 6.33. The van der Waals surface area contributed by atoms with Gasteiger partial charge in [-0.15, -0.1) is 0 Å². The van der Waals surface area contributed by atoms with Gasteiger partial charge in [0, 0.05) is 6.54 Å². The second-order valence-corrected chi connectivity index (χ2v) is 5.14. The molecule has 1 amide bonds. The van der Waals surface area contributed by atoms with Gasteiger partial charge < -0.3 is 15.7 Å². The Bertz CT molecular complexity index is 519. The molecule has 1 heterocycles. The van der Waals surface area contributed by atoms with E-state index in [9.17, 15) is 9.59 Å². The van der Waals surface area contributed by atoms with E-state index in [1.54, 1.807) is 0 Å². The van der Waals surface area contributed by atoms with Crippen molar-refractivity contribution in [3.05, 3.63) is 28.8 Å². The Morgan fingerprint density at radius 3 is 2.74 bits per heavy atom. The highest BCUT2D eigenvalue weighted by Gasteiger charge is 2.29. The van der Waals surface area contributed by atoms with Gasteiger partial charge in [0.1, 0.15) is 0 Å². The van der Waals surface area contributed by atoms with Crippen molar-refractivity contribution in [1.82, 2.24) is 5.32 Å². The highest BCUT2D eigenvalue weighted by Crippen LogP contribution is 2.25. The van der Waals surface area contributed by atoms with E-state index in [0.29, 0.717) is 17.3 Å². The van der Waals surface area contributed by atoms with Gasteiger partial charge in [0.25, 0.3) is 0 Å².